The number of aryl methyl sites for hydroxylation is 1. The number of hydrogen-bond donors (Lipinski definition) is 1. The predicted molar refractivity (Wildman–Crippen MR) is 80.4 cm³/mol. The lowest BCUT2D eigenvalue weighted by atomic mass is 10.0. The van der Waals surface area contributed by atoms with Gasteiger partial charge in [-0.2, -0.15) is 0 Å². The highest BCUT2D eigenvalue weighted by atomic mass is 16.2. The van der Waals surface area contributed by atoms with Crippen molar-refractivity contribution in [2.24, 2.45) is 0 Å². The molecule has 1 aromatic rings. The third-order valence-corrected chi connectivity index (χ3v) is 4.19. The number of unbranched alkanes of at least 4 members (excludes halogenated alkanes) is 2. The standard InChI is InChI=1S/C17H27NO/c1-15-7-9-16(10-8-15)14-17-6-5-12-18(17)11-3-2-4-13-19/h7-10,17,19H,2-6,11-14H2,1H3. The van der Waals surface area contributed by atoms with Crippen molar-refractivity contribution in [3.05, 3.63) is 35.4 Å². The minimum absolute atomic E-state index is 0.340. The molecule has 19 heavy (non-hydrogen) atoms. The smallest absolute Gasteiger partial charge is 0.0431 e. The van der Waals surface area contributed by atoms with Gasteiger partial charge in [0.05, 0.1) is 0 Å². The highest BCUT2D eigenvalue weighted by Crippen LogP contribution is 2.22. The first-order chi connectivity index (χ1) is 9.29. The topological polar surface area (TPSA) is 23.5 Å². The Labute approximate surface area is 117 Å². The van der Waals surface area contributed by atoms with Crippen molar-refractivity contribution < 1.29 is 5.11 Å². The van der Waals surface area contributed by atoms with Gasteiger partial charge in [0.1, 0.15) is 0 Å². The van der Waals surface area contributed by atoms with Gasteiger partial charge in [0.2, 0.25) is 0 Å². The summed E-state index contributed by atoms with van der Waals surface area (Å²) in [6.07, 6.45) is 7.22. The lowest BCUT2D eigenvalue weighted by molar-refractivity contribution is 0.238. The number of aliphatic hydroxyl groups is 1. The monoisotopic (exact) mass is 261 g/mol. The van der Waals surface area contributed by atoms with E-state index in [1.807, 2.05) is 0 Å². The summed E-state index contributed by atoms with van der Waals surface area (Å²) >= 11 is 0. The number of aliphatic hydroxyl groups excluding tert-OH is 1. The van der Waals surface area contributed by atoms with E-state index in [1.165, 1.54) is 49.9 Å². The summed E-state index contributed by atoms with van der Waals surface area (Å²) in [4.78, 5) is 2.65. The Kier molecular flexibility index (Phi) is 5.87. The summed E-state index contributed by atoms with van der Waals surface area (Å²) in [6, 6.07) is 9.72. The van der Waals surface area contributed by atoms with Gasteiger partial charge in [0.15, 0.2) is 0 Å². The molecule has 1 fully saturated rings. The Bertz CT molecular complexity index is 360. The van der Waals surface area contributed by atoms with E-state index >= 15 is 0 Å². The van der Waals surface area contributed by atoms with Gasteiger partial charge >= 0.3 is 0 Å². The Morgan fingerprint density at radius 2 is 1.95 bits per heavy atom. The van der Waals surface area contributed by atoms with E-state index in [1.54, 1.807) is 0 Å². The zero-order chi connectivity index (χ0) is 13.5. The number of likely N-dealkylation sites (tertiary alicyclic amines) is 1. The Morgan fingerprint density at radius 1 is 1.16 bits per heavy atom. The van der Waals surface area contributed by atoms with E-state index in [4.69, 9.17) is 5.11 Å². The maximum Gasteiger partial charge on any atom is 0.0431 e. The second-order valence-corrected chi connectivity index (χ2v) is 5.81. The molecule has 1 heterocycles. The molecule has 0 spiro atoms. The quantitative estimate of drug-likeness (QED) is 0.762. The molecule has 2 nitrogen and oxygen atoms in total. The second kappa shape index (κ2) is 7.66. The molecule has 0 amide bonds. The van der Waals surface area contributed by atoms with Gasteiger partial charge in [-0.05, 0) is 64.1 Å². The molecule has 2 heteroatoms. The van der Waals surface area contributed by atoms with Crippen LogP contribution in [-0.2, 0) is 6.42 Å². The fourth-order valence-corrected chi connectivity index (χ4v) is 3.02. The van der Waals surface area contributed by atoms with Crippen LogP contribution in [-0.4, -0.2) is 35.7 Å². The maximum atomic E-state index is 8.81. The Balaban J connectivity index is 1.79. The van der Waals surface area contributed by atoms with Crippen molar-refractivity contribution in [3.63, 3.8) is 0 Å². The van der Waals surface area contributed by atoms with Crippen LogP contribution in [0.2, 0.25) is 0 Å². The molecule has 1 N–H and O–H groups in total. The van der Waals surface area contributed by atoms with E-state index in [0.717, 1.165) is 18.9 Å². The molecule has 106 valence electrons. The predicted octanol–water partition coefficient (Wildman–Crippen LogP) is 3.16. The zero-order valence-corrected chi connectivity index (χ0v) is 12.1. The van der Waals surface area contributed by atoms with Gasteiger partial charge in [0, 0.05) is 12.6 Å². The molecule has 1 aliphatic heterocycles. The van der Waals surface area contributed by atoms with Crippen molar-refractivity contribution in [1.29, 1.82) is 0 Å². The molecular weight excluding hydrogens is 234 g/mol. The van der Waals surface area contributed by atoms with Crippen LogP contribution in [0.4, 0.5) is 0 Å². The second-order valence-electron chi connectivity index (χ2n) is 5.81. The Morgan fingerprint density at radius 3 is 2.68 bits per heavy atom. The van der Waals surface area contributed by atoms with Crippen LogP contribution in [0.15, 0.2) is 24.3 Å². The fourth-order valence-electron chi connectivity index (χ4n) is 3.02. The van der Waals surface area contributed by atoms with Crippen LogP contribution in [0.25, 0.3) is 0 Å². The third kappa shape index (κ3) is 4.63. The summed E-state index contributed by atoms with van der Waals surface area (Å²) < 4.78 is 0. The molecule has 1 atom stereocenters. The van der Waals surface area contributed by atoms with Gasteiger partial charge < -0.3 is 10.0 Å². The van der Waals surface area contributed by atoms with Crippen molar-refractivity contribution in [1.82, 2.24) is 4.90 Å². The third-order valence-electron chi connectivity index (χ3n) is 4.19. The van der Waals surface area contributed by atoms with Crippen molar-refractivity contribution >= 4 is 0 Å². The molecule has 1 aromatic carbocycles. The van der Waals surface area contributed by atoms with Gasteiger partial charge in [-0.3, -0.25) is 0 Å². The van der Waals surface area contributed by atoms with Crippen molar-refractivity contribution in [2.75, 3.05) is 19.7 Å². The van der Waals surface area contributed by atoms with Crippen LogP contribution < -0.4 is 0 Å². The first kappa shape index (κ1) is 14.5. The number of rotatable bonds is 7. The molecule has 0 aliphatic carbocycles. The van der Waals surface area contributed by atoms with Gasteiger partial charge in [0.25, 0.3) is 0 Å². The molecular formula is C17H27NO. The van der Waals surface area contributed by atoms with Crippen LogP contribution in [0.5, 0.6) is 0 Å². The number of hydrogen-bond acceptors (Lipinski definition) is 2. The summed E-state index contributed by atoms with van der Waals surface area (Å²) in [7, 11) is 0. The fraction of sp³-hybridized carbons (Fsp3) is 0.647. The number of nitrogens with zero attached hydrogens (tertiary/aromatic N) is 1. The average molecular weight is 261 g/mol. The summed E-state index contributed by atoms with van der Waals surface area (Å²) in [6.45, 7) is 4.95. The van der Waals surface area contributed by atoms with E-state index < -0.39 is 0 Å². The van der Waals surface area contributed by atoms with E-state index in [0.29, 0.717) is 6.61 Å². The molecule has 1 unspecified atom stereocenters. The molecule has 0 saturated carbocycles. The summed E-state index contributed by atoms with van der Waals surface area (Å²) in [5, 5.41) is 8.81. The minimum atomic E-state index is 0.340. The minimum Gasteiger partial charge on any atom is -0.396 e. The van der Waals surface area contributed by atoms with Gasteiger partial charge in [-0.1, -0.05) is 29.8 Å². The van der Waals surface area contributed by atoms with Crippen LogP contribution in [0, 0.1) is 6.92 Å². The van der Waals surface area contributed by atoms with E-state index in [2.05, 4.69) is 36.1 Å². The Hall–Kier alpha value is -0.860. The highest BCUT2D eigenvalue weighted by Gasteiger charge is 2.23. The van der Waals surface area contributed by atoms with Crippen LogP contribution >= 0.6 is 0 Å². The van der Waals surface area contributed by atoms with E-state index in [-0.39, 0.29) is 0 Å². The molecule has 1 saturated heterocycles. The molecule has 1 aliphatic rings. The molecule has 0 aromatic heterocycles. The summed E-state index contributed by atoms with van der Waals surface area (Å²) in [5.74, 6) is 0. The largest absolute Gasteiger partial charge is 0.396 e. The van der Waals surface area contributed by atoms with E-state index in [9.17, 15) is 0 Å². The van der Waals surface area contributed by atoms with Crippen molar-refractivity contribution in [2.45, 2.75) is 51.5 Å². The van der Waals surface area contributed by atoms with Crippen molar-refractivity contribution in [3.8, 4) is 0 Å². The van der Waals surface area contributed by atoms with Gasteiger partial charge in [-0.25, -0.2) is 0 Å². The normalized spacial score (nSPS) is 20.0. The van der Waals surface area contributed by atoms with Crippen LogP contribution in [0.1, 0.15) is 43.2 Å². The molecule has 0 radical (unpaired) electrons. The lowest BCUT2D eigenvalue weighted by Gasteiger charge is -2.24. The number of benzene rings is 1. The zero-order valence-electron chi connectivity index (χ0n) is 12.1. The SMILES string of the molecule is Cc1ccc(CC2CCCN2CCCCCO)cc1. The highest BCUT2D eigenvalue weighted by molar-refractivity contribution is 5.22. The molecule has 2 rings (SSSR count). The summed E-state index contributed by atoms with van der Waals surface area (Å²) in [5.41, 5.74) is 2.81. The van der Waals surface area contributed by atoms with Gasteiger partial charge in [-0.15, -0.1) is 0 Å². The first-order valence-electron chi connectivity index (χ1n) is 7.70. The average Bonchev–Trinajstić information content (AvgIpc) is 2.85. The first-order valence-corrected chi connectivity index (χ1v) is 7.70. The van der Waals surface area contributed by atoms with Crippen LogP contribution in [0.3, 0.4) is 0 Å². The maximum absolute atomic E-state index is 8.81. The lowest BCUT2D eigenvalue weighted by Crippen LogP contribution is -2.32. The molecule has 0 bridgehead atoms.